The number of carbonyl (C=O) groups excluding carboxylic acids is 1. The van der Waals surface area contributed by atoms with Gasteiger partial charge >= 0.3 is 0 Å². The number of hydrogen-bond acceptors (Lipinski definition) is 3. The third kappa shape index (κ3) is 4.19. The number of aromatic amines is 1. The molecule has 1 unspecified atom stereocenters. The lowest BCUT2D eigenvalue weighted by atomic mass is 9.94. The Labute approximate surface area is 101 Å². The number of imidazole rings is 1. The Morgan fingerprint density at radius 1 is 1.59 bits per heavy atom. The first-order valence-corrected chi connectivity index (χ1v) is 6.30. The van der Waals surface area contributed by atoms with Gasteiger partial charge in [0.15, 0.2) is 0 Å². The number of piperidine rings is 1. The average Bonchev–Trinajstić information content (AvgIpc) is 2.88. The first-order chi connectivity index (χ1) is 8.34. The van der Waals surface area contributed by atoms with Crippen LogP contribution in [-0.2, 0) is 11.3 Å². The maximum Gasteiger partial charge on any atom is 0.220 e. The van der Waals surface area contributed by atoms with Gasteiger partial charge in [0.05, 0.1) is 6.54 Å². The molecule has 17 heavy (non-hydrogen) atoms. The molecular formula is C12H20N4O. The van der Waals surface area contributed by atoms with Crippen molar-refractivity contribution in [2.75, 3.05) is 13.1 Å². The lowest BCUT2D eigenvalue weighted by molar-refractivity contribution is -0.121. The van der Waals surface area contributed by atoms with Crippen LogP contribution in [0.1, 0.15) is 31.5 Å². The largest absolute Gasteiger partial charge is 0.349 e. The smallest absolute Gasteiger partial charge is 0.220 e. The number of nitrogens with one attached hydrogen (secondary N) is 3. The van der Waals surface area contributed by atoms with Crippen LogP contribution in [0.3, 0.4) is 0 Å². The van der Waals surface area contributed by atoms with Crippen molar-refractivity contribution in [1.29, 1.82) is 0 Å². The van der Waals surface area contributed by atoms with E-state index in [9.17, 15) is 4.79 Å². The lowest BCUT2D eigenvalue weighted by Crippen LogP contribution is -2.31. The van der Waals surface area contributed by atoms with Gasteiger partial charge in [0.2, 0.25) is 5.91 Å². The molecule has 2 rings (SSSR count). The summed E-state index contributed by atoms with van der Waals surface area (Å²) in [6, 6.07) is 0. The van der Waals surface area contributed by atoms with Crippen LogP contribution in [0.15, 0.2) is 12.4 Å². The molecule has 1 aliphatic rings. The van der Waals surface area contributed by atoms with E-state index in [4.69, 9.17) is 0 Å². The van der Waals surface area contributed by atoms with Gasteiger partial charge in [0.1, 0.15) is 5.82 Å². The highest BCUT2D eigenvalue weighted by atomic mass is 16.1. The SMILES string of the molecule is O=C(CCC1CCCNC1)NCc1ncc[nH]1. The van der Waals surface area contributed by atoms with Crippen molar-refractivity contribution in [1.82, 2.24) is 20.6 Å². The summed E-state index contributed by atoms with van der Waals surface area (Å²) in [5.41, 5.74) is 0. The fraction of sp³-hybridized carbons (Fsp3) is 0.667. The van der Waals surface area contributed by atoms with Crippen molar-refractivity contribution in [2.45, 2.75) is 32.2 Å². The van der Waals surface area contributed by atoms with Crippen LogP contribution in [0.4, 0.5) is 0 Å². The van der Waals surface area contributed by atoms with Crippen molar-refractivity contribution in [3.05, 3.63) is 18.2 Å². The van der Waals surface area contributed by atoms with Gasteiger partial charge in [-0.15, -0.1) is 0 Å². The molecule has 3 N–H and O–H groups in total. The van der Waals surface area contributed by atoms with Crippen LogP contribution < -0.4 is 10.6 Å². The Balaban J connectivity index is 1.60. The molecule has 0 spiro atoms. The van der Waals surface area contributed by atoms with E-state index in [1.807, 2.05) is 0 Å². The van der Waals surface area contributed by atoms with Gasteiger partial charge in [-0.1, -0.05) is 0 Å². The molecule has 2 heterocycles. The Bertz CT molecular complexity index is 330. The van der Waals surface area contributed by atoms with Gasteiger partial charge in [0, 0.05) is 18.8 Å². The summed E-state index contributed by atoms with van der Waals surface area (Å²) in [5, 5.41) is 6.24. The van der Waals surface area contributed by atoms with Crippen LogP contribution in [0.25, 0.3) is 0 Å². The molecule has 94 valence electrons. The quantitative estimate of drug-likeness (QED) is 0.708. The maximum atomic E-state index is 11.6. The summed E-state index contributed by atoms with van der Waals surface area (Å²) in [7, 11) is 0. The van der Waals surface area contributed by atoms with E-state index in [1.54, 1.807) is 12.4 Å². The normalized spacial score (nSPS) is 20.1. The molecule has 1 saturated heterocycles. The van der Waals surface area contributed by atoms with E-state index < -0.39 is 0 Å². The van der Waals surface area contributed by atoms with Gasteiger partial charge < -0.3 is 15.6 Å². The average molecular weight is 236 g/mol. The van der Waals surface area contributed by atoms with Crippen molar-refractivity contribution < 1.29 is 4.79 Å². The van der Waals surface area contributed by atoms with Crippen molar-refractivity contribution in [3.8, 4) is 0 Å². The van der Waals surface area contributed by atoms with Gasteiger partial charge in [0.25, 0.3) is 0 Å². The molecule has 1 aromatic rings. The summed E-state index contributed by atoms with van der Waals surface area (Å²) in [6.45, 7) is 2.68. The second kappa shape index (κ2) is 6.39. The van der Waals surface area contributed by atoms with E-state index in [0.717, 1.165) is 25.3 Å². The number of nitrogens with zero attached hydrogens (tertiary/aromatic N) is 1. The highest BCUT2D eigenvalue weighted by Gasteiger charge is 2.14. The summed E-state index contributed by atoms with van der Waals surface area (Å²) < 4.78 is 0. The van der Waals surface area contributed by atoms with Crippen molar-refractivity contribution in [3.63, 3.8) is 0 Å². The molecule has 1 fully saturated rings. The minimum absolute atomic E-state index is 0.118. The zero-order valence-electron chi connectivity index (χ0n) is 10.0. The predicted molar refractivity (Wildman–Crippen MR) is 65.3 cm³/mol. The highest BCUT2D eigenvalue weighted by Crippen LogP contribution is 2.15. The second-order valence-electron chi connectivity index (χ2n) is 4.56. The fourth-order valence-electron chi connectivity index (χ4n) is 2.17. The van der Waals surface area contributed by atoms with E-state index in [-0.39, 0.29) is 5.91 Å². The van der Waals surface area contributed by atoms with E-state index >= 15 is 0 Å². The molecule has 0 saturated carbocycles. The Kier molecular flexibility index (Phi) is 4.55. The van der Waals surface area contributed by atoms with Crippen LogP contribution >= 0.6 is 0 Å². The number of H-pyrrole nitrogens is 1. The number of carbonyl (C=O) groups is 1. The number of hydrogen-bond donors (Lipinski definition) is 3. The third-order valence-electron chi connectivity index (χ3n) is 3.19. The van der Waals surface area contributed by atoms with E-state index in [1.165, 1.54) is 12.8 Å². The van der Waals surface area contributed by atoms with Gasteiger partial charge in [-0.3, -0.25) is 4.79 Å². The number of aromatic nitrogens is 2. The highest BCUT2D eigenvalue weighted by molar-refractivity contribution is 5.75. The topological polar surface area (TPSA) is 69.8 Å². The molecular weight excluding hydrogens is 216 g/mol. The Morgan fingerprint density at radius 3 is 3.24 bits per heavy atom. The van der Waals surface area contributed by atoms with Crippen molar-refractivity contribution >= 4 is 5.91 Å². The first kappa shape index (κ1) is 12.1. The first-order valence-electron chi connectivity index (χ1n) is 6.30. The summed E-state index contributed by atoms with van der Waals surface area (Å²) in [4.78, 5) is 18.6. The Hall–Kier alpha value is -1.36. The van der Waals surface area contributed by atoms with Gasteiger partial charge in [-0.25, -0.2) is 4.98 Å². The summed E-state index contributed by atoms with van der Waals surface area (Å²) >= 11 is 0. The van der Waals surface area contributed by atoms with Gasteiger partial charge in [-0.2, -0.15) is 0 Å². The van der Waals surface area contributed by atoms with E-state index in [2.05, 4.69) is 20.6 Å². The molecule has 1 atom stereocenters. The molecule has 1 aliphatic heterocycles. The number of rotatable bonds is 5. The molecule has 1 amide bonds. The summed E-state index contributed by atoms with van der Waals surface area (Å²) in [5.74, 6) is 1.59. The van der Waals surface area contributed by atoms with Crippen LogP contribution in [-0.4, -0.2) is 29.0 Å². The fourth-order valence-corrected chi connectivity index (χ4v) is 2.17. The lowest BCUT2D eigenvalue weighted by Gasteiger charge is -2.22. The third-order valence-corrected chi connectivity index (χ3v) is 3.19. The van der Waals surface area contributed by atoms with Crippen molar-refractivity contribution in [2.24, 2.45) is 5.92 Å². The minimum atomic E-state index is 0.118. The van der Waals surface area contributed by atoms with E-state index in [0.29, 0.717) is 18.9 Å². The minimum Gasteiger partial charge on any atom is -0.349 e. The second-order valence-corrected chi connectivity index (χ2v) is 4.56. The number of amides is 1. The molecule has 1 aromatic heterocycles. The zero-order chi connectivity index (χ0) is 11.9. The zero-order valence-corrected chi connectivity index (χ0v) is 10.0. The van der Waals surface area contributed by atoms with Crippen LogP contribution in [0, 0.1) is 5.92 Å². The summed E-state index contributed by atoms with van der Waals surface area (Å²) in [6.07, 6.45) is 7.53. The van der Waals surface area contributed by atoms with Crippen LogP contribution in [0.2, 0.25) is 0 Å². The standard InChI is InChI=1S/C12H20N4O/c17-12(16-9-11-14-6-7-15-11)4-3-10-2-1-5-13-8-10/h6-7,10,13H,1-5,8-9H2,(H,14,15)(H,16,17). The predicted octanol–water partition coefficient (Wildman–Crippen LogP) is 0.806. The molecule has 0 bridgehead atoms. The molecule has 0 aliphatic carbocycles. The molecule has 5 heteroatoms. The molecule has 5 nitrogen and oxygen atoms in total. The Morgan fingerprint density at radius 2 is 2.53 bits per heavy atom. The van der Waals surface area contributed by atoms with Crippen LogP contribution in [0.5, 0.6) is 0 Å². The molecule has 0 aromatic carbocycles. The molecule has 0 radical (unpaired) electrons. The monoisotopic (exact) mass is 236 g/mol. The van der Waals surface area contributed by atoms with Gasteiger partial charge in [-0.05, 0) is 38.3 Å². The maximum absolute atomic E-state index is 11.6.